The van der Waals surface area contributed by atoms with E-state index in [-0.39, 0.29) is 12.5 Å². The maximum absolute atomic E-state index is 10.8. The van der Waals surface area contributed by atoms with Gasteiger partial charge >= 0.3 is 0 Å². The highest BCUT2D eigenvalue weighted by Gasteiger charge is 1.98. The molecule has 0 unspecified atom stereocenters. The Balaban J connectivity index is 2.50. The molecule has 1 aromatic heterocycles. The van der Waals surface area contributed by atoms with E-state index in [9.17, 15) is 4.79 Å². The monoisotopic (exact) mass is 180 g/mol. The number of anilines is 1. The van der Waals surface area contributed by atoms with E-state index in [4.69, 9.17) is 0 Å². The summed E-state index contributed by atoms with van der Waals surface area (Å²) in [5, 5.41) is 5.29. The van der Waals surface area contributed by atoms with E-state index < -0.39 is 0 Å². The number of hydrogen-bond acceptors (Lipinski definition) is 4. The first-order valence-electron chi connectivity index (χ1n) is 3.96. The summed E-state index contributed by atoms with van der Waals surface area (Å²) in [6.07, 6.45) is 1.65. The fraction of sp³-hybridized carbons (Fsp3) is 0.375. The molecule has 0 spiro atoms. The summed E-state index contributed by atoms with van der Waals surface area (Å²) in [5.41, 5.74) is 0.870. The molecule has 5 heteroatoms. The number of rotatable bonds is 3. The van der Waals surface area contributed by atoms with Crippen LogP contribution in [0.15, 0.2) is 12.3 Å². The predicted molar refractivity (Wildman–Crippen MR) is 49.3 cm³/mol. The zero-order valence-corrected chi connectivity index (χ0v) is 7.66. The third-order valence-electron chi connectivity index (χ3n) is 1.48. The average molecular weight is 180 g/mol. The Morgan fingerprint density at radius 2 is 2.38 bits per heavy atom. The van der Waals surface area contributed by atoms with E-state index >= 15 is 0 Å². The van der Waals surface area contributed by atoms with Gasteiger partial charge in [0.1, 0.15) is 0 Å². The zero-order valence-electron chi connectivity index (χ0n) is 7.66. The van der Waals surface area contributed by atoms with E-state index in [1.807, 2.05) is 6.92 Å². The Morgan fingerprint density at radius 3 is 3.00 bits per heavy atom. The van der Waals surface area contributed by atoms with Crippen molar-refractivity contribution in [3.63, 3.8) is 0 Å². The van der Waals surface area contributed by atoms with Crippen LogP contribution in [0.4, 0.5) is 5.95 Å². The van der Waals surface area contributed by atoms with Crippen LogP contribution in [0.25, 0.3) is 0 Å². The number of nitrogens with one attached hydrogen (secondary N) is 2. The summed E-state index contributed by atoms with van der Waals surface area (Å²) in [6, 6.07) is 1.80. The highest BCUT2D eigenvalue weighted by atomic mass is 16.1. The Hall–Kier alpha value is -1.65. The highest BCUT2D eigenvalue weighted by Crippen LogP contribution is 1.97. The Morgan fingerprint density at radius 1 is 1.62 bits per heavy atom. The van der Waals surface area contributed by atoms with Crippen molar-refractivity contribution in [1.29, 1.82) is 0 Å². The van der Waals surface area contributed by atoms with Crippen LogP contribution in [-0.4, -0.2) is 29.5 Å². The average Bonchev–Trinajstić information content (AvgIpc) is 2.14. The number of likely N-dealkylation sites (N-methyl/N-ethyl adjacent to an activating group) is 1. The zero-order chi connectivity index (χ0) is 9.68. The van der Waals surface area contributed by atoms with Gasteiger partial charge in [-0.3, -0.25) is 4.79 Å². The van der Waals surface area contributed by atoms with Crippen molar-refractivity contribution >= 4 is 11.9 Å². The molecule has 1 amide bonds. The molecule has 5 nitrogen and oxygen atoms in total. The third-order valence-corrected chi connectivity index (χ3v) is 1.48. The van der Waals surface area contributed by atoms with Gasteiger partial charge in [-0.1, -0.05) is 0 Å². The van der Waals surface area contributed by atoms with Crippen molar-refractivity contribution in [2.45, 2.75) is 6.92 Å². The molecular weight excluding hydrogens is 168 g/mol. The van der Waals surface area contributed by atoms with Gasteiger partial charge in [0.25, 0.3) is 0 Å². The van der Waals surface area contributed by atoms with Gasteiger partial charge in [0, 0.05) is 18.9 Å². The second-order valence-corrected chi connectivity index (χ2v) is 2.55. The minimum Gasteiger partial charge on any atom is -0.358 e. The second kappa shape index (κ2) is 4.39. The van der Waals surface area contributed by atoms with Gasteiger partial charge < -0.3 is 10.6 Å². The number of aryl methyl sites for hydroxylation is 1. The van der Waals surface area contributed by atoms with Crippen molar-refractivity contribution in [2.75, 3.05) is 18.9 Å². The topological polar surface area (TPSA) is 66.9 Å². The first kappa shape index (κ1) is 9.44. The quantitative estimate of drug-likeness (QED) is 0.684. The molecule has 0 saturated heterocycles. The lowest BCUT2D eigenvalue weighted by Crippen LogP contribution is -2.26. The number of nitrogens with zero attached hydrogens (tertiary/aromatic N) is 2. The molecule has 1 aromatic rings. The molecule has 1 rings (SSSR count). The fourth-order valence-corrected chi connectivity index (χ4v) is 0.782. The molecule has 0 radical (unpaired) electrons. The molecule has 0 fully saturated rings. The predicted octanol–water partition coefficient (Wildman–Crippen LogP) is -0.0571. The molecule has 0 aliphatic heterocycles. The maximum atomic E-state index is 10.8. The summed E-state index contributed by atoms with van der Waals surface area (Å²) < 4.78 is 0. The first-order chi connectivity index (χ1) is 6.22. The van der Waals surface area contributed by atoms with Crippen molar-refractivity contribution in [1.82, 2.24) is 15.3 Å². The van der Waals surface area contributed by atoms with Crippen LogP contribution in [-0.2, 0) is 4.79 Å². The van der Waals surface area contributed by atoms with Gasteiger partial charge in [-0.25, -0.2) is 9.97 Å². The lowest BCUT2D eigenvalue weighted by atomic mass is 10.5. The Kier molecular flexibility index (Phi) is 3.19. The molecule has 0 aromatic carbocycles. The number of carbonyl (C=O) groups is 1. The van der Waals surface area contributed by atoms with Crippen molar-refractivity contribution in [3.05, 3.63) is 18.0 Å². The maximum Gasteiger partial charge on any atom is 0.239 e. The van der Waals surface area contributed by atoms with E-state index in [2.05, 4.69) is 20.6 Å². The number of aromatic nitrogens is 2. The molecule has 13 heavy (non-hydrogen) atoms. The van der Waals surface area contributed by atoms with Gasteiger partial charge in [0.15, 0.2) is 0 Å². The number of amides is 1. The summed E-state index contributed by atoms with van der Waals surface area (Å²) in [4.78, 5) is 18.9. The van der Waals surface area contributed by atoms with Crippen LogP contribution in [0.5, 0.6) is 0 Å². The van der Waals surface area contributed by atoms with Gasteiger partial charge in [0.05, 0.1) is 6.54 Å². The summed E-state index contributed by atoms with van der Waals surface area (Å²) in [7, 11) is 1.58. The molecule has 0 aliphatic carbocycles. The third kappa shape index (κ3) is 3.06. The molecule has 0 saturated carbocycles. The Labute approximate surface area is 76.6 Å². The second-order valence-electron chi connectivity index (χ2n) is 2.55. The van der Waals surface area contributed by atoms with Crippen molar-refractivity contribution in [3.8, 4) is 0 Å². The van der Waals surface area contributed by atoms with Crippen molar-refractivity contribution < 1.29 is 4.79 Å². The lowest BCUT2D eigenvalue weighted by Gasteiger charge is -2.03. The Bertz CT molecular complexity index is 300. The normalized spacial score (nSPS) is 9.38. The number of hydrogen-bond donors (Lipinski definition) is 2. The molecule has 1 heterocycles. The van der Waals surface area contributed by atoms with Crippen LogP contribution < -0.4 is 10.6 Å². The van der Waals surface area contributed by atoms with Crippen LogP contribution in [0.1, 0.15) is 5.69 Å². The molecule has 70 valence electrons. The van der Waals surface area contributed by atoms with Gasteiger partial charge in [0.2, 0.25) is 11.9 Å². The highest BCUT2D eigenvalue weighted by molar-refractivity contribution is 5.79. The number of carbonyl (C=O) groups excluding carboxylic acids is 1. The standard InChI is InChI=1S/C8H12N4O/c1-6-3-4-10-8(12-6)11-5-7(13)9-2/h3-4H,5H2,1-2H3,(H,9,13)(H,10,11,12). The minimum atomic E-state index is -0.0925. The van der Waals surface area contributed by atoms with Gasteiger partial charge in [-0.05, 0) is 13.0 Å². The lowest BCUT2D eigenvalue weighted by molar-refractivity contribution is -0.118. The molecular formula is C8H12N4O. The molecule has 0 bridgehead atoms. The summed E-state index contributed by atoms with van der Waals surface area (Å²) >= 11 is 0. The minimum absolute atomic E-state index is 0.0925. The van der Waals surface area contributed by atoms with Crippen LogP contribution in [0.2, 0.25) is 0 Å². The molecule has 0 aliphatic rings. The van der Waals surface area contributed by atoms with E-state index in [1.54, 1.807) is 19.3 Å². The molecule has 0 atom stereocenters. The fourth-order valence-electron chi connectivity index (χ4n) is 0.782. The van der Waals surface area contributed by atoms with Gasteiger partial charge in [-0.2, -0.15) is 0 Å². The summed E-state index contributed by atoms with van der Waals surface area (Å²) in [5.74, 6) is 0.383. The SMILES string of the molecule is CNC(=O)CNc1nccc(C)n1. The molecule has 2 N–H and O–H groups in total. The largest absolute Gasteiger partial charge is 0.358 e. The van der Waals surface area contributed by atoms with Crippen LogP contribution >= 0.6 is 0 Å². The van der Waals surface area contributed by atoms with Crippen LogP contribution in [0.3, 0.4) is 0 Å². The van der Waals surface area contributed by atoms with Crippen molar-refractivity contribution in [2.24, 2.45) is 0 Å². The van der Waals surface area contributed by atoms with E-state index in [1.165, 1.54) is 0 Å². The van der Waals surface area contributed by atoms with E-state index in [0.29, 0.717) is 5.95 Å². The first-order valence-corrected chi connectivity index (χ1v) is 3.96. The summed E-state index contributed by atoms with van der Waals surface area (Å²) in [6.45, 7) is 2.06. The van der Waals surface area contributed by atoms with Crippen LogP contribution in [0, 0.1) is 6.92 Å². The smallest absolute Gasteiger partial charge is 0.239 e. The van der Waals surface area contributed by atoms with E-state index in [0.717, 1.165) is 5.69 Å². The van der Waals surface area contributed by atoms with Gasteiger partial charge in [-0.15, -0.1) is 0 Å².